The Balaban J connectivity index is 1.85. The van der Waals surface area contributed by atoms with Crippen LogP contribution in [0.3, 0.4) is 0 Å². The Morgan fingerprint density at radius 1 is 1.41 bits per heavy atom. The van der Waals surface area contributed by atoms with E-state index in [0.29, 0.717) is 12.3 Å². The minimum absolute atomic E-state index is 0.141. The minimum Gasteiger partial charge on any atom is -0.453 e. The molecular formula is C13H11NO3. The van der Waals surface area contributed by atoms with E-state index in [1.54, 1.807) is 6.21 Å². The second-order valence-corrected chi connectivity index (χ2v) is 4.23. The first-order valence-corrected chi connectivity index (χ1v) is 5.50. The number of ether oxygens (including phenoxy) is 2. The molecule has 1 fully saturated rings. The summed E-state index contributed by atoms with van der Waals surface area (Å²) in [4.78, 5) is 15.6. The van der Waals surface area contributed by atoms with E-state index in [9.17, 15) is 4.79 Å². The van der Waals surface area contributed by atoms with E-state index in [2.05, 4.69) is 10.9 Å². The van der Waals surface area contributed by atoms with Crippen LogP contribution >= 0.6 is 0 Å². The average Bonchev–Trinajstić information content (AvgIpc) is 2.64. The van der Waals surface area contributed by atoms with Crippen molar-refractivity contribution in [1.82, 2.24) is 0 Å². The molecule has 0 N–H and O–H groups in total. The Bertz CT molecular complexity index is 483. The van der Waals surface area contributed by atoms with Gasteiger partial charge in [0.15, 0.2) is 0 Å². The van der Waals surface area contributed by atoms with Gasteiger partial charge in [-0.1, -0.05) is 18.1 Å². The largest absolute Gasteiger partial charge is 0.453 e. The topological polar surface area (TPSA) is 47.9 Å². The highest BCUT2D eigenvalue weighted by Crippen LogP contribution is 2.44. The van der Waals surface area contributed by atoms with Gasteiger partial charge in [-0.25, -0.2) is 0 Å². The molecule has 4 nitrogen and oxygen atoms in total. The van der Waals surface area contributed by atoms with Crippen molar-refractivity contribution in [2.24, 2.45) is 22.7 Å². The Morgan fingerprint density at radius 2 is 2.29 bits per heavy atom. The zero-order valence-electron chi connectivity index (χ0n) is 9.08. The van der Waals surface area contributed by atoms with Crippen molar-refractivity contribution in [2.75, 3.05) is 6.54 Å². The highest BCUT2D eigenvalue weighted by molar-refractivity contribution is 5.80. The first-order valence-electron chi connectivity index (χ1n) is 5.50. The van der Waals surface area contributed by atoms with Gasteiger partial charge in [-0.3, -0.25) is 9.79 Å². The van der Waals surface area contributed by atoms with Gasteiger partial charge in [0.1, 0.15) is 5.76 Å². The van der Waals surface area contributed by atoms with Crippen LogP contribution in [-0.2, 0) is 14.3 Å². The van der Waals surface area contributed by atoms with E-state index in [1.165, 1.54) is 0 Å². The van der Waals surface area contributed by atoms with E-state index in [0.717, 1.165) is 0 Å². The lowest BCUT2D eigenvalue weighted by Gasteiger charge is -2.37. The zero-order chi connectivity index (χ0) is 11.8. The first kappa shape index (κ1) is 10.2. The molecule has 4 bridgehead atoms. The van der Waals surface area contributed by atoms with Gasteiger partial charge in [-0.15, -0.1) is 6.42 Å². The number of hydrogen-bond donors (Lipinski definition) is 0. The van der Waals surface area contributed by atoms with E-state index < -0.39 is 6.29 Å². The second-order valence-electron chi connectivity index (χ2n) is 4.23. The van der Waals surface area contributed by atoms with Crippen LogP contribution in [0.5, 0.6) is 0 Å². The molecule has 0 radical (unpaired) electrons. The number of nitrogens with zero attached hydrogens (tertiary/aromatic N) is 1. The summed E-state index contributed by atoms with van der Waals surface area (Å²) in [6.45, 7) is 0.320. The van der Waals surface area contributed by atoms with Crippen molar-refractivity contribution >= 4 is 12.2 Å². The van der Waals surface area contributed by atoms with Crippen LogP contribution in [0.2, 0.25) is 0 Å². The second kappa shape index (κ2) is 3.77. The van der Waals surface area contributed by atoms with Gasteiger partial charge in [0.25, 0.3) is 6.29 Å². The number of carbonyl (C=O) groups excluding carboxylic acids is 1. The van der Waals surface area contributed by atoms with Crippen molar-refractivity contribution < 1.29 is 14.3 Å². The van der Waals surface area contributed by atoms with Crippen molar-refractivity contribution in [2.45, 2.75) is 6.29 Å². The van der Waals surface area contributed by atoms with Gasteiger partial charge < -0.3 is 9.47 Å². The Hall–Kier alpha value is -2.02. The summed E-state index contributed by atoms with van der Waals surface area (Å²) in [7, 11) is 0. The summed E-state index contributed by atoms with van der Waals surface area (Å²) in [5.41, 5.74) is 0. The lowest BCUT2D eigenvalue weighted by molar-refractivity contribution is -0.200. The van der Waals surface area contributed by atoms with E-state index in [-0.39, 0.29) is 23.7 Å². The van der Waals surface area contributed by atoms with Gasteiger partial charge >= 0.3 is 5.97 Å². The van der Waals surface area contributed by atoms with Crippen molar-refractivity contribution in [1.29, 1.82) is 0 Å². The maximum atomic E-state index is 11.6. The molecule has 2 aliphatic heterocycles. The van der Waals surface area contributed by atoms with Crippen LogP contribution < -0.4 is 0 Å². The molecule has 0 unspecified atom stereocenters. The van der Waals surface area contributed by atoms with Crippen LogP contribution in [0, 0.1) is 30.1 Å². The minimum atomic E-state index is -0.514. The molecule has 1 aliphatic carbocycles. The summed E-state index contributed by atoms with van der Waals surface area (Å²) >= 11 is 0. The molecule has 0 aromatic rings. The van der Waals surface area contributed by atoms with Crippen LogP contribution in [0.4, 0.5) is 0 Å². The summed E-state index contributed by atoms with van der Waals surface area (Å²) in [6, 6.07) is 0. The van der Waals surface area contributed by atoms with Crippen molar-refractivity contribution in [3.63, 3.8) is 0 Å². The fourth-order valence-electron chi connectivity index (χ4n) is 2.47. The lowest BCUT2D eigenvalue weighted by atomic mass is 9.83. The molecule has 0 amide bonds. The van der Waals surface area contributed by atoms with E-state index in [1.807, 2.05) is 18.2 Å². The number of carbonyl (C=O) groups is 1. The maximum Gasteiger partial charge on any atom is 0.316 e. The SMILES string of the molecule is C#CC/N=C/C1=C[C@H]2[C@@H]3C=C[C@H]2C(=O)O[C@@H]3O1. The third kappa shape index (κ3) is 1.55. The number of rotatable bonds is 2. The smallest absolute Gasteiger partial charge is 0.316 e. The molecule has 86 valence electrons. The lowest BCUT2D eigenvalue weighted by Crippen LogP contribution is -2.44. The number of aliphatic imine (C=N–C) groups is 1. The molecule has 0 saturated carbocycles. The Morgan fingerprint density at radius 3 is 3.12 bits per heavy atom. The van der Waals surface area contributed by atoms with Crippen molar-refractivity contribution in [3.05, 3.63) is 24.0 Å². The quantitative estimate of drug-likeness (QED) is 0.306. The number of allylic oxidation sites excluding steroid dienone is 2. The fraction of sp³-hybridized carbons (Fsp3) is 0.385. The molecule has 4 heteroatoms. The molecule has 17 heavy (non-hydrogen) atoms. The average molecular weight is 229 g/mol. The number of hydrogen-bond acceptors (Lipinski definition) is 4. The Kier molecular flexibility index (Phi) is 2.25. The highest BCUT2D eigenvalue weighted by atomic mass is 16.7. The van der Waals surface area contributed by atoms with Crippen LogP contribution in [0.15, 0.2) is 29.0 Å². The molecular weight excluding hydrogens is 218 g/mol. The third-order valence-corrected chi connectivity index (χ3v) is 3.23. The molecule has 2 heterocycles. The molecule has 3 rings (SSSR count). The number of esters is 1. The summed E-state index contributed by atoms with van der Waals surface area (Å²) in [6.07, 6.45) is 12.0. The van der Waals surface area contributed by atoms with Gasteiger partial charge in [-0.05, 0) is 6.08 Å². The Labute approximate surface area is 99.0 Å². The maximum absolute atomic E-state index is 11.6. The standard InChI is InChI=1S/C13H11NO3/c1-2-5-14-7-8-6-11-9-3-4-10(11)13(16-8)17-12(9)15/h1,3-4,6-7,9-11,13H,5H2/b14-7+/t9-,10+,11-,13+/m1/s1. The van der Waals surface area contributed by atoms with Gasteiger partial charge in [0.2, 0.25) is 0 Å². The predicted molar refractivity (Wildman–Crippen MR) is 60.9 cm³/mol. The predicted octanol–water partition coefficient (Wildman–Crippen LogP) is 0.906. The highest BCUT2D eigenvalue weighted by Gasteiger charge is 2.50. The van der Waals surface area contributed by atoms with Gasteiger partial charge in [-0.2, -0.15) is 0 Å². The van der Waals surface area contributed by atoms with Gasteiger partial charge in [0.05, 0.1) is 24.6 Å². The molecule has 3 aliphatic rings. The summed E-state index contributed by atoms with van der Waals surface area (Å²) < 4.78 is 10.8. The van der Waals surface area contributed by atoms with Crippen molar-refractivity contribution in [3.8, 4) is 12.3 Å². The van der Waals surface area contributed by atoms with E-state index >= 15 is 0 Å². The summed E-state index contributed by atoms with van der Waals surface area (Å²) in [5, 5.41) is 0. The molecule has 1 saturated heterocycles. The third-order valence-electron chi connectivity index (χ3n) is 3.23. The van der Waals surface area contributed by atoms with Gasteiger partial charge in [0, 0.05) is 5.92 Å². The molecule has 0 spiro atoms. The van der Waals surface area contributed by atoms with Crippen LogP contribution in [0.25, 0.3) is 0 Å². The van der Waals surface area contributed by atoms with Crippen LogP contribution in [0.1, 0.15) is 0 Å². The fourth-order valence-corrected chi connectivity index (χ4v) is 2.47. The molecule has 4 atom stereocenters. The van der Waals surface area contributed by atoms with E-state index in [4.69, 9.17) is 15.9 Å². The first-order chi connectivity index (χ1) is 8.29. The normalized spacial score (nSPS) is 37.4. The van der Waals surface area contributed by atoms with Crippen LogP contribution in [-0.4, -0.2) is 25.0 Å². The molecule has 0 aromatic carbocycles. The number of terminal acetylenes is 1. The molecule has 0 aromatic heterocycles. The monoisotopic (exact) mass is 229 g/mol. The zero-order valence-corrected chi connectivity index (χ0v) is 9.08. The summed E-state index contributed by atoms with van der Waals surface area (Å²) in [5.74, 6) is 2.95.